The molecular weight excluding hydrogens is 323 g/mol. The number of fused-ring (bicyclic) bond motifs is 1. The Kier molecular flexibility index (Phi) is 4.47. The van der Waals surface area contributed by atoms with Gasteiger partial charge in [-0.05, 0) is 36.6 Å². The molecule has 116 valence electrons. The van der Waals surface area contributed by atoms with E-state index >= 15 is 0 Å². The largest absolute Gasteiger partial charge is 0.321 e. The van der Waals surface area contributed by atoms with Gasteiger partial charge in [0.15, 0.2) is 6.54 Å². The maximum atomic E-state index is 13.0. The average molecular weight is 340 g/mol. The van der Waals surface area contributed by atoms with Crippen LogP contribution in [0, 0.1) is 5.82 Å². The number of thiophene rings is 1. The van der Waals surface area contributed by atoms with Crippen LogP contribution in [0.15, 0.2) is 29.6 Å². The lowest BCUT2D eigenvalue weighted by Gasteiger charge is -2.29. The molecule has 0 saturated carbocycles. The van der Waals surface area contributed by atoms with Crippen molar-refractivity contribution in [1.29, 1.82) is 0 Å². The van der Waals surface area contributed by atoms with E-state index in [4.69, 9.17) is 11.6 Å². The zero-order chi connectivity index (χ0) is 15.7. The molecule has 1 aromatic carbocycles. The van der Waals surface area contributed by atoms with Crippen LogP contribution in [0.25, 0.3) is 0 Å². The quantitative estimate of drug-likeness (QED) is 0.885. The first-order chi connectivity index (χ1) is 10.5. The Morgan fingerprint density at radius 3 is 3.09 bits per heavy atom. The minimum absolute atomic E-state index is 0.103. The molecule has 0 bridgehead atoms. The van der Waals surface area contributed by atoms with Crippen molar-refractivity contribution in [1.82, 2.24) is 0 Å². The van der Waals surface area contributed by atoms with Crippen molar-refractivity contribution < 1.29 is 14.1 Å². The van der Waals surface area contributed by atoms with Gasteiger partial charge in [0.25, 0.3) is 5.91 Å². The molecule has 1 amide bonds. The first-order valence-electron chi connectivity index (χ1n) is 7.20. The van der Waals surface area contributed by atoms with Crippen LogP contribution < -0.4 is 10.2 Å². The number of hydrogen-bond donors (Lipinski definition) is 2. The lowest BCUT2D eigenvalue weighted by molar-refractivity contribution is -0.923. The van der Waals surface area contributed by atoms with Crippen LogP contribution in [0.2, 0.25) is 5.02 Å². The van der Waals surface area contributed by atoms with E-state index in [9.17, 15) is 9.18 Å². The smallest absolute Gasteiger partial charge is 0.279 e. The second kappa shape index (κ2) is 6.36. The summed E-state index contributed by atoms with van der Waals surface area (Å²) in [6.07, 6.45) is 1.01. The SMILES string of the molecule is C[C@H]1c2ccsc2CC[NH+]1CC(=O)Nc1ccc(F)cc1Cl. The summed E-state index contributed by atoms with van der Waals surface area (Å²) in [5.41, 5.74) is 1.80. The summed E-state index contributed by atoms with van der Waals surface area (Å²) in [4.78, 5) is 14.9. The monoisotopic (exact) mass is 339 g/mol. The van der Waals surface area contributed by atoms with Crippen molar-refractivity contribution in [2.45, 2.75) is 19.4 Å². The van der Waals surface area contributed by atoms with E-state index in [1.165, 1.54) is 33.5 Å². The molecule has 6 heteroatoms. The van der Waals surface area contributed by atoms with Crippen LogP contribution in [0.3, 0.4) is 0 Å². The van der Waals surface area contributed by atoms with E-state index in [2.05, 4.69) is 23.7 Å². The van der Waals surface area contributed by atoms with Crippen LogP contribution >= 0.6 is 22.9 Å². The number of rotatable bonds is 3. The lowest BCUT2D eigenvalue weighted by atomic mass is 10.0. The summed E-state index contributed by atoms with van der Waals surface area (Å²) in [5, 5.41) is 5.10. The first-order valence-corrected chi connectivity index (χ1v) is 8.46. The Hall–Kier alpha value is -1.43. The van der Waals surface area contributed by atoms with Gasteiger partial charge in [-0.15, -0.1) is 11.3 Å². The number of carbonyl (C=O) groups is 1. The summed E-state index contributed by atoms with van der Waals surface area (Å²) < 4.78 is 13.0. The predicted octanol–water partition coefficient (Wildman–Crippen LogP) is 2.68. The zero-order valence-electron chi connectivity index (χ0n) is 12.2. The number of anilines is 1. The van der Waals surface area contributed by atoms with Crippen LogP contribution in [0.5, 0.6) is 0 Å². The normalized spacial score (nSPS) is 20.5. The number of benzene rings is 1. The third-order valence-corrected chi connectivity index (χ3v) is 5.43. The van der Waals surface area contributed by atoms with Crippen molar-refractivity contribution >= 4 is 34.5 Å². The van der Waals surface area contributed by atoms with Gasteiger partial charge in [0, 0.05) is 16.9 Å². The number of amides is 1. The Balaban J connectivity index is 1.65. The molecule has 3 nitrogen and oxygen atoms in total. The van der Waals surface area contributed by atoms with E-state index < -0.39 is 5.82 Å². The van der Waals surface area contributed by atoms with Gasteiger partial charge < -0.3 is 10.2 Å². The van der Waals surface area contributed by atoms with Gasteiger partial charge in [0.2, 0.25) is 0 Å². The minimum atomic E-state index is -0.414. The van der Waals surface area contributed by atoms with Crippen molar-refractivity contribution in [2.24, 2.45) is 0 Å². The van der Waals surface area contributed by atoms with Crippen LogP contribution in [-0.4, -0.2) is 19.0 Å². The molecule has 1 aliphatic rings. The molecule has 1 aromatic heterocycles. The van der Waals surface area contributed by atoms with E-state index in [1.807, 2.05) is 0 Å². The van der Waals surface area contributed by atoms with Crippen LogP contribution in [0.4, 0.5) is 10.1 Å². The standard InChI is InChI=1S/C16H16ClFN2OS/c1-10-12-5-7-22-15(12)4-6-20(10)9-16(21)19-14-3-2-11(18)8-13(14)17/h2-3,5,7-8,10H,4,6,9H2,1H3,(H,19,21)/p+1/t10-/m0/s1. The summed E-state index contributed by atoms with van der Waals surface area (Å²) >= 11 is 7.73. The Morgan fingerprint density at radius 1 is 1.50 bits per heavy atom. The summed E-state index contributed by atoms with van der Waals surface area (Å²) in [7, 11) is 0. The molecule has 0 radical (unpaired) electrons. The number of nitrogens with one attached hydrogen (secondary N) is 2. The van der Waals surface area contributed by atoms with Gasteiger partial charge in [-0.25, -0.2) is 4.39 Å². The van der Waals surface area contributed by atoms with E-state index in [0.717, 1.165) is 13.0 Å². The van der Waals surface area contributed by atoms with E-state index in [1.54, 1.807) is 11.3 Å². The molecule has 0 fully saturated rings. The van der Waals surface area contributed by atoms with Gasteiger partial charge in [-0.1, -0.05) is 11.6 Å². The van der Waals surface area contributed by atoms with E-state index in [-0.39, 0.29) is 10.9 Å². The van der Waals surface area contributed by atoms with Gasteiger partial charge in [-0.3, -0.25) is 4.79 Å². The second-order valence-corrected chi connectivity index (χ2v) is 6.94. The summed E-state index contributed by atoms with van der Waals surface area (Å²) in [6, 6.07) is 6.44. The van der Waals surface area contributed by atoms with Gasteiger partial charge in [0.05, 0.1) is 17.3 Å². The maximum absolute atomic E-state index is 13.0. The highest BCUT2D eigenvalue weighted by molar-refractivity contribution is 7.10. The molecule has 22 heavy (non-hydrogen) atoms. The average Bonchev–Trinajstić information content (AvgIpc) is 2.94. The van der Waals surface area contributed by atoms with Crippen LogP contribution in [0.1, 0.15) is 23.4 Å². The number of carbonyl (C=O) groups excluding carboxylic acids is 1. The van der Waals surface area contributed by atoms with Crippen molar-refractivity contribution in [3.05, 3.63) is 50.9 Å². The molecule has 0 spiro atoms. The number of halogens is 2. The van der Waals surface area contributed by atoms with Crippen molar-refractivity contribution in [3.8, 4) is 0 Å². The Labute approximate surface area is 137 Å². The fourth-order valence-electron chi connectivity index (χ4n) is 2.88. The number of hydrogen-bond acceptors (Lipinski definition) is 2. The Bertz CT molecular complexity index is 703. The summed E-state index contributed by atoms with van der Waals surface area (Å²) in [6.45, 7) is 3.47. The first kappa shape index (κ1) is 15.5. The predicted molar refractivity (Wildman–Crippen MR) is 87.2 cm³/mol. The van der Waals surface area contributed by atoms with Gasteiger partial charge in [0.1, 0.15) is 11.9 Å². The molecule has 1 aliphatic heterocycles. The highest BCUT2D eigenvalue weighted by Gasteiger charge is 2.29. The van der Waals surface area contributed by atoms with Crippen molar-refractivity contribution in [2.75, 3.05) is 18.4 Å². The lowest BCUT2D eigenvalue weighted by Crippen LogP contribution is -3.14. The zero-order valence-corrected chi connectivity index (χ0v) is 13.7. The number of quaternary nitrogens is 1. The molecule has 3 rings (SSSR count). The highest BCUT2D eigenvalue weighted by atomic mass is 35.5. The van der Waals surface area contributed by atoms with Crippen molar-refractivity contribution in [3.63, 3.8) is 0 Å². The minimum Gasteiger partial charge on any atom is -0.321 e. The molecule has 2 heterocycles. The van der Waals surface area contributed by atoms with Crippen LogP contribution in [-0.2, 0) is 11.2 Å². The van der Waals surface area contributed by atoms with Gasteiger partial charge >= 0.3 is 0 Å². The summed E-state index contributed by atoms with van der Waals surface area (Å²) in [5.74, 6) is -0.516. The van der Waals surface area contributed by atoms with E-state index in [0.29, 0.717) is 18.3 Å². The van der Waals surface area contributed by atoms with Gasteiger partial charge in [-0.2, -0.15) is 0 Å². The molecule has 0 aliphatic carbocycles. The third-order valence-electron chi connectivity index (χ3n) is 4.12. The molecule has 0 saturated heterocycles. The second-order valence-electron chi connectivity index (χ2n) is 5.53. The molecule has 1 unspecified atom stereocenters. The highest BCUT2D eigenvalue weighted by Crippen LogP contribution is 2.25. The third kappa shape index (κ3) is 3.16. The fraction of sp³-hybridized carbons (Fsp3) is 0.312. The topological polar surface area (TPSA) is 33.5 Å². The molecule has 2 N–H and O–H groups in total. The molecular formula is C16H17ClFN2OS+. The Morgan fingerprint density at radius 2 is 2.32 bits per heavy atom. The molecule has 2 aromatic rings. The maximum Gasteiger partial charge on any atom is 0.279 e. The fourth-order valence-corrected chi connectivity index (χ4v) is 4.08. The molecule has 2 atom stereocenters.